The van der Waals surface area contributed by atoms with Crippen LogP contribution in [0.3, 0.4) is 0 Å². The quantitative estimate of drug-likeness (QED) is 0.882. The summed E-state index contributed by atoms with van der Waals surface area (Å²) in [6, 6.07) is 3.15. The van der Waals surface area contributed by atoms with Crippen LogP contribution in [0.25, 0.3) is 11.3 Å². The largest absolute Gasteiger partial charge is 0.492 e. The molecule has 0 aliphatic heterocycles. The molecule has 2 aromatic rings. The summed E-state index contributed by atoms with van der Waals surface area (Å²) >= 11 is 0. The van der Waals surface area contributed by atoms with Gasteiger partial charge in [-0.05, 0) is 12.1 Å². The van der Waals surface area contributed by atoms with E-state index in [0.29, 0.717) is 0 Å². The third kappa shape index (κ3) is 2.43. The van der Waals surface area contributed by atoms with Crippen molar-refractivity contribution in [2.75, 3.05) is 20.0 Å². The van der Waals surface area contributed by atoms with E-state index in [0.717, 1.165) is 26.4 Å². The minimum atomic E-state index is -1.31. The summed E-state index contributed by atoms with van der Waals surface area (Å²) in [7, 11) is 2.23. The van der Waals surface area contributed by atoms with Gasteiger partial charge >= 0.3 is 5.97 Å². The Morgan fingerprint density at radius 2 is 1.86 bits per heavy atom. The second-order valence-electron chi connectivity index (χ2n) is 4.16. The molecule has 0 saturated carbocycles. The fourth-order valence-electron chi connectivity index (χ4n) is 1.87. The van der Waals surface area contributed by atoms with Gasteiger partial charge in [0.2, 0.25) is 0 Å². The summed E-state index contributed by atoms with van der Waals surface area (Å²) in [4.78, 5) is 15.4. The van der Waals surface area contributed by atoms with Crippen LogP contribution in [0, 0.1) is 17.5 Å². The number of carbonyl (C=O) groups is 1. The van der Waals surface area contributed by atoms with Crippen LogP contribution >= 0.6 is 0 Å². The van der Waals surface area contributed by atoms with Crippen molar-refractivity contribution in [3.05, 3.63) is 41.3 Å². The number of benzene rings is 1. The molecule has 0 aliphatic rings. The number of anilines is 1. The Labute approximate surface area is 123 Å². The molecule has 0 aliphatic carbocycles. The Balaban J connectivity index is 2.80. The van der Waals surface area contributed by atoms with E-state index < -0.39 is 46.1 Å². The lowest BCUT2D eigenvalue weighted by atomic mass is 10.1. The average molecular weight is 312 g/mol. The van der Waals surface area contributed by atoms with Crippen molar-refractivity contribution in [3.63, 3.8) is 0 Å². The summed E-state index contributed by atoms with van der Waals surface area (Å²) in [6.45, 7) is 0. The zero-order valence-corrected chi connectivity index (χ0v) is 11.6. The first kappa shape index (κ1) is 15.6. The average Bonchev–Trinajstić information content (AvgIpc) is 2.52. The minimum Gasteiger partial charge on any atom is -0.492 e. The van der Waals surface area contributed by atoms with E-state index in [-0.39, 0.29) is 5.75 Å². The van der Waals surface area contributed by atoms with E-state index in [1.54, 1.807) is 0 Å². The van der Waals surface area contributed by atoms with Crippen LogP contribution in [0.5, 0.6) is 5.75 Å². The fourth-order valence-corrected chi connectivity index (χ4v) is 1.87. The maximum absolute atomic E-state index is 14.3. The van der Waals surface area contributed by atoms with E-state index in [2.05, 4.69) is 9.72 Å². The predicted molar refractivity (Wildman–Crippen MR) is 71.9 cm³/mol. The number of nitrogens with zero attached hydrogens (tertiary/aromatic N) is 1. The van der Waals surface area contributed by atoms with Gasteiger partial charge in [-0.15, -0.1) is 0 Å². The molecule has 22 heavy (non-hydrogen) atoms. The van der Waals surface area contributed by atoms with E-state index in [1.807, 2.05) is 0 Å². The van der Waals surface area contributed by atoms with Crippen LogP contribution < -0.4 is 10.5 Å². The smallest absolute Gasteiger partial charge is 0.360 e. The van der Waals surface area contributed by atoms with E-state index in [4.69, 9.17) is 10.5 Å². The number of carbonyl (C=O) groups excluding carboxylic acids is 1. The molecule has 1 aromatic carbocycles. The summed E-state index contributed by atoms with van der Waals surface area (Å²) < 4.78 is 50.7. The fraction of sp³-hybridized carbons (Fsp3) is 0.143. The van der Waals surface area contributed by atoms with Crippen molar-refractivity contribution in [3.8, 4) is 17.0 Å². The molecule has 5 nitrogen and oxygen atoms in total. The van der Waals surface area contributed by atoms with E-state index >= 15 is 0 Å². The maximum Gasteiger partial charge on any atom is 0.360 e. The summed E-state index contributed by atoms with van der Waals surface area (Å²) in [6.07, 6.45) is 0. The monoisotopic (exact) mass is 312 g/mol. The highest BCUT2D eigenvalue weighted by Gasteiger charge is 2.26. The lowest BCUT2D eigenvalue weighted by Crippen LogP contribution is -2.12. The molecule has 116 valence electrons. The molecule has 2 rings (SSSR count). The Bertz CT molecular complexity index is 751. The Morgan fingerprint density at radius 1 is 1.18 bits per heavy atom. The van der Waals surface area contributed by atoms with Gasteiger partial charge in [0, 0.05) is 5.56 Å². The number of pyridine rings is 1. The zero-order chi connectivity index (χ0) is 16.4. The molecule has 8 heteroatoms. The van der Waals surface area contributed by atoms with Crippen molar-refractivity contribution in [1.82, 2.24) is 4.98 Å². The number of esters is 1. The van der Waals surface area contributed by atoms with Gasteiger partial charge in [0.15, 0.2) is 28.9 Å². The van der Waals surface area contributed by atoms with Gasteiger partial charge in [-0.3, -0.25) is 0 Å². The third-order valence-corrected chi connectivity index (χ3v) is 2.92. The Hall–Kier alpha value is -2.77. The number of hydrogen-bond donors (Lipinski definition) is 1. The number of nitrogen functional groups attached to an aromatic ring is 1. The number of aromatic nitrogens is 1. The molecule has 0 spiro atoms. The lowest BCUT2D eigenvalue weighted by molar-refractivity contribution is 0.0590. The number of halogens is 3. The Kier molecular flexibility index (Phi) is 4.20. The van der Waals surface area contributed by atoms with Crippen molar-refractivity contribution in [1.29, 1.82) is 0 Å². The second-order valence-corrected chi connectivity index (χ2v) is 4.16. The molecule has 0 bridgehead atoms. The predicted octanol–water partition coefficient (Wildman–Crippen LogP) is 2.54. The first-order valence-electron chi connectivity index (χ1n) is 5.98. The van der Waals surface area contributed by atoms with Gasteiger partial charge in [0.1, 0.15) is 11.4 Å². The molecule has 1 aromatic heterocycles. The van der Waals surface area contributed by atoms with Crippen LogP contribution in [0.4, 0.5) is 18.9 Å². The highest BCUT2D eigenvalue weighted by Crippen LogP contribution is 2.35. The van der Waals surface area contributed by atoms with Gasteiger partial charge in [-0.1, -0.05) is 6.07 Å². The molecular weight excluding hydrogens is 301 g/mol. The first-order valence-corrected chi connectivity index (χ1v) is 5.98. The molecular formula is C14H11F3N2O3. The highest BCUT2D eigenvalue weighted by atomic mass is 19.2. The highest BCUT2D eigenvalue weighted by molar-refractivity contribution is 5.93. The van der Waals surface area contributed by atoms with Crippen LogP contribution in [0.1, 0.15) is 10.5 Å². The minimum absolute atomic E-state index is 0.343. The molecule has 0 radical (unpaired) electrons. The van der Waals surface area contributed by atoms with Crippen LogP contribution in [-0.4, -0.2) is 25.2 Å². The molecule has 0 fully saturated rings. The number of methoxy groups -OCH3 is 2. The molecule has 2 N–H and O–H groups in total. The molecule has 0 amide bonds. The summed E-state index contributed by atoms with van der Waals surface area (Å²) in [5, 5.41) is 0. The molecule has 0 saturated heterocycles. The Morgan fingerprint density at radius 3 is 2.45 bits per heavy atom. The van der Waals surface area contributed by atoms with Gasteiger partial charge in [0.05, 0.1) is 14.2 Å². The van der Waals surface area contributed by atoms with Gasteiger partial charge in [0.25, 0.3) is 0 Å². The third-order valence-electron chi connectivity index (χ3n) is 2.92. The van der Waals surface area contributed by atoms with Gasteiger partial charge in [-0.2, -0.15) is 0 Å². The number of rotatable bonds is 3. The van der Waals surface area contributed by atoms with E-state index in [1.165, 1.54) is 6.07 Å². The number of nitrogens with two attached hydrogens (primary N) is 1. The molecule has 1 heterocycles. The normalized spacial score (nSPS) is 10.4. The summed E-state index contributed by atoms with van der Waals surface area (Å²) in [5.41, 5.74) is 3.46. The van der Waals surface area contributed by atoms with Gasteiger partial charge < -0.3 is 15.2 Å². The molecule has 0 atom stereocenters. The van der Waals surface area contributed by atoms with E-state index in [9.17, 15) is 18.0 Å². The number of ether oxygens (including phenoxy) is 2. The second kappa shape index (κ2) is 5.92. The van der Waals surface area contributed by atoms with Crippen LogP contribution in [0.15, 0.2) is 18.2 Å². The standard InChI is InChI=1S/C14H11F3N2O3/c1-21-13-10(18)9(17)11(19-12(13)14(20)22-2)6-4-3-5-7(15)8(6)16/h3-5H,1-2H3,(H2,18,19). The van der Waals surface area contributed by atoms with Crippen LogP contribution in [-0.2, 0) is 4.74 Å². The van der Waals surface area contributed by atoms with Crippen molar-refractivity contribution < 1.29 is 27.4 Å². The van der Waals surface area contributed by atoms with Crippen LogP contribution in [0.2, 0.25) is 0 Å². The number of hydrogen-bond acceptors (Lipinski definition) is 5. The molecule has 0 unspecified atom stereocenters. The maximum atomic E-state index is 14.3. The van der Waals surface area contributed by atoms with Crippen molar-refractivity contribution in [2.45, 2.75) is 0 Å². The summed E-state index contributed by atoms with van der Waals surface area (Å²) in [5.74, 6) is -4.93. The van der Waals surface area contributed by atoms with Gasteiger partial charge in [-0.25, -0.2) is 22.9 Å². The SMILES string of the molecule is COC(=O)c1nc(-c2cccc(F)c2F)c(F)c(N)c1OC. The topological polar surface area (TPSA) is 74.4 Å². The van der Waals surface area contributed by atoms with Crippen molar-refractivity contribution in [2.24, 2.45) is 0 Å². The first-order chi connectivity index (χ1) is 10.4. The van der Waals surface area contributed by atoms with Crippen molar-refractivity contribution >= 4 is 11.7 Å². The zero-order valence-electron chi connectivity index (χ0n) is 11.6. The lowest BCUT2D eigenvalue weighted by Gasteiger charge is -2.13.